The summed E-state index contributed by atoms with van der Waals surface area (Å²) in [7, 11) is 0. The first-order valence-electron chi connectivity index (χ1n) is 6.69. The molecule has 1 saturated heterocycles. The molecule has 108 valence electrons. The average Bonchev–Trinajstić information content (AvgIpc) is 2.41. The van der Waals surface area contributed by atoms with Crippen molar-refractivity contribution in [3.63, 3.8) is 0 Å². The first-order chi connectivity index (χ1) is 9.56. The van der Waals surface area contributed by atoms with Gasteiger partial charge in [-0.3, -0.25) is 9.59 Å². The molecule has 5 nitrogen and oxygen atoms in total. The Balaban J connectivity index is 1.84. The van der Waals surface area contributed by atoms with Crippen LogP contribution in [0, 0.1) is 5.82 Å². The molecule has 1 aromatic carbocycles. The summed E-state index contributed by atoms with van der Waals surface area (Å²) in [6, 6.07) is 3.82. The summed E-state index contributed by atoms with van der Waals surface area (Å²) in [6.07, 6.45) is 2.68. The van der Waals surface area contributed by atoms with Gasteiger partial charge >= 0.3 is 0 Å². The summed E-state index contributed by atoms with van der Waals surface area (Å²) >= 11 is 0. The number of piperidine rings is 1. The van der Waals surface area contributed by atoms with Crippen LogP contribution < -0.4 is 11.1 Å². The molecule has 0 aliphatic carbocycles. The van der Waals surface area contributed by atoms with Crippen molar-refractivity contribution in [2.75, 3.05) is 24.1 Å². The van der Waals surface area contributed by atoms with E-state index in [1.54, 1.807) is 4.90 Å². The molecule has 0 radical (unpaired) electrons. The summed E-state index contributed by atoms with van der Waals surface area (Å²) in [5.41, 5.74) is 6.19. The van der Waals surface area contributed by atoms with Gasteiger partial charge < -0.3 is 16.0 Å². The zero-order chi connectivity index (χ0) is 14.5. The molecule has 0 saturated carbocycles. The number of nitrogens with one attached hydrogen (secondary N) is 1. The van der Waals surface area contributed by atoms with Gasteiger partial charge in [-0.2, -0.15) is 0 Å². The van der Waals surface area contributed by atoms with Crippen LogP contribution in [0.5, 0.6) is 0 Å². The fraction of sp³-hybridized carbons (Fsp3) is 0.429. The molecule has 1 aromatic rings. The largest absolute Gasteiger partial charge is 0.397 e. The third-order valence-electron chi connectivity index (χ3n) is 3.32. The van der Waals surface area contributed by atoms with Crippen LogP contribution >= 0.6 is 0 Å². The van der Waals surface area contributed by atoms with Gasteiger partial charge in [0.1, 0.15) is 5.82 Å². The predicted octanol–water partition coefficient (Wildman–Crippen LogP) is 1.75. The summed E-state index contributed by atoms with van der Waals surface area (Å²) in [4.78, 5) is 25.1. The van der Waals surface area contributed by atoms with Crippen LogP contribution in [-0.2, 0) is 9.59 Å². The highest BCUT2D eigenvalue weighted by atomic mass is 19.1. The second kappa shape index (κ2) is 6.36. The van der Waals surface area contributed by atoms with E-state index in [1.165, 1.54) is 12.1 Å². The number of hydrogen-bond acceptors (Lipinski definition) is 3. The van der Waals surface area contributed by atoms with E-state index in [0.717, 1.165) is 18.9 Å². The number of halogens is 1. The van der Waals surface area contributed by atoms with Gasteiger partial charge in [0.05, 0.1) is 11.4 Å². The van der Waals surface area contributed by atoms with Gasteiger partial charge in [0.15, 0.2) is 0 Å². The predicted molar refractivity (Wildman–Crippen MR) is 74.5 cm³/mol. The smallest absolute Gasteiger partial charge is 0.226 e. The SMILES string of the molecule is Nc1cc(F)ccc1NC(=O)CCN1CCCCC1=O. The van der Waals surface area contributed by atoms with Crippen molar-refractivity contribution in [3.8, 4) is 0 Å². The maximum Gasteiger partial charge on any atom is 0.226 e. The third kappa shape index (κ3) is 3.69. The van der Waals surface area contributed by atoms with Gasteiger partial charge in [0, 0.05) is 25.9 Å². The van der Waals surface area contributed by atoms with Crippen LogP contribution in [0.4, 0.5) is 15.8 Å². The maximum absolute atomic E-state index is 12.9. The number of anilines is 2. The third-order valence-corrected chi connectivity index (χ3v) is 3.32. The zero-order valence-electron chi connectivity index (χ0n) is 11.2. The van der Waals surface area contributed by atoms with Gasteiger partial charge in [-0.15, -0.1) is 0 Å². The van der Waals surface area contributed by atoms with Crippen molar-refractivity contribution in [1.82, 2.24) is 4.90 Å². The molecule has 2 rings (SSSR count). The van der Waals surface area contributed by atoms with Crippen LogP contribution in [-0.4, -0.2) is 29.8 Å². The minimum atomic E-state index is -0.445. The Labute approximate surface area is 116 Å². The van der Waals surface area contributed by atoms with E-state index < -0.39 is 5.82 Å². The van der Waals surface area contributed by atoms with E-state index >= 15 is 0 Å². The number of hydrogen-bond donors (Lipinski definition) is 2. The Kier molecular flexibility index (Phi) is 4.55. The number of benzene rings is 1. The van der Waals surface area contributed by atoms with Crippen LogP contribution in [0.15, 0.2) is 18.2 Å². The molecule has 1 heterocycles. The van der Waals surface area contributed by atoms with E-state index in [2.05, 4.69) is 5.32 Å². The Bertz CT molecular complexity index is 519. The van der Waals surface area contributed by atoms with Crippen LogP contribution in [0.3, 0.4) is 0 Å². The minimum absolute atomic E-state index is 0.102. The van der Waals surface area contributed by atoms with Crippen molar-refractivity contribution in [2.24, 2.45) is 0 Å². The Hall–Kier alpha value is -2.11. The summed E-state index contributed by atoms with van der Waals surface area (Å²) in [6.45, 7) is 1.12. The number of carbonyl (C=O) groups excluding carboxylic acids is 2. The lowest BCUT2D eigenvalue weighted by Crippen LogP contribution is -2.37. The summed E-state index contributed by atoms with van der Waals surface area (Å²) in [5.74, 6) is -0.577. The van der Waals surface area contributed by atoms with Crippen LogP contribution in [0.1, 0.15) is 25.7 Å². The lowest BCUT2D eigenvalue weighted by Gasteiger charge is -2.26. The molecule has 2 amide bonds. The number of amides is 2. The van der Waals surface area contributed by atoms with Crippen LogP contribution in [0.25, 0.3) is 0 Å². The fourth-order valence-electron chi connectivity index (χ4n) is 2.19. The lowest BCUT2D eigenvalue weighted by atomic mass is 10.1. The molecule has 0 atom stereocenters. The van der Waals surface area contributed by atoms with Crippen molar-refractivity contribution >= 4 is 23.2 Å². The number of nitrogens with two attached hydrogens (primary N) is 1. The highest BCUT2D eigenvalue weighted by Gasteiger charge is 2.18. The first-order valence-corrected chi connectivity index (χ1v) is 6.69. The quantitative estimate of drug-likeness (QED) is 0.824. The zero-order valence-corrected chi connectivity index (χ0v) is 11.2. The van der Waals surface area contributed by atoms with Crippen molar-refractivity contribution in [3.05, 3.63) is 24.0 Å². The molecule has 0 aromatic heterocycles. The second-order valence-electron chi connectivity index (χ2n) is 4.87. The highest BCUT2D eigenvalue weighted by molar-refractivity contribution is 5.94. The molecule has 1 aliphatic heterocycles. The van der Waals surface area contributed by atoms with Gasteiger partial charge in [-0.25, -0.2) is 4.39 Å². The normalized spacial score (nSPS) is 15.2. The molecule has 0 bridgehead atoms. The second-order valence-corrected chi connectivity index (χ2v) is 4.87. The van der Waals surface area contributed by atoms with E-state index in [0.29, 0.717) is 25.2 Å². The topological polar surface area (TPSA) is 75.4 Å². The standard InChI is InChI=1S/C14H18FN3O2/c15-10-4-5-12(11(16)9-10)17-13(19)6-8-18-7-2-1-3-14(18)20/h4-5,9H,1-3,6-8,16H2,(H,17,19). The van der Waals surface area contributed by atoms with Crippen molar-refractivity contribution in [1.29, 1.82) is 0 Å². The molecule has 0 spiro atoms. The highest BCUT2D eigenvalue weighted by Crippen LogP contribution is 2.19. The molecule has 1 fully saturated rings. The first kappa shape index (κ1) is 14.3. The molecule has 6 heteroatoms. The number of carbonyl (C=O) groups is 2. The van der Waals surface area contributed by atoms with E-state index in [1.807, 2.05) is 0 Å². The van der Waals surface area contributed by atoms with Crippen molar-refractivity contribution in [2.45, 2.75) is 25.7 Å². The molecule has 20 heavy (non-hydrogen) atoms. The number of likely N-dealkylation sites (tertiary alicyclic amines) is 1. The Morgan fingerprint density at radius 1 is 1.40 bits per heavy atom. The van der Waals surface area contributed by atoms with Crippen LogP contribution in [0.2, 0.25) is 0 Å². The molecule has 0 unspecified atom stereocenters. The molecule has 3 N–H and O–H groups in total. The van der Waals surface area contributed by atoms with E-state index in [-0.39, 0.29) is 23.9 Å². The summed E-state index contributed by atoms with van der Waals surface area (Å²) in [5, 5.41) is 2.62. The number of nitrogen functional groups attached to an aromatic ring is 1. The number of nitrogens with zero attached hydrogens (tertiary/aromatic N) is 1. The monoisotopic (exact) mass is 279 g/mol. The Morgan fingerprint density at radius 2 is 2.20 bits per heavy atom. The van der Waals surface area contributed by atoms with Gasteiger partial charge in [0.25, 0.3) is 0 Å². The Morgan fingerprint density at radius 3 is 2.90 bits per heavy atom. The molecular formula is C14H18FN3O2. The molecular weight excluding hydrogens is 261 g/mol. The fourth-order valence-corrected chi connectivity index (χ4v) is 2.19. The lowest BCUT2D eigenvalue weighted by molar-refractivity contribution is -0.133. The van der Waals surface area contributed by atoms with Gasteiger partial charge in [0.2, 0.25) is 11.8 Å². The van der Waals surface area contributed by atoms with Crippen molar-refractivity contribution < 1.29 is 14.0 Å². The average molecular weight is 279 g/mol. The van der Waals surface area contributed by atoms with Gasteiger partial charge in [-0.1, -0.05) is 0 Å². The minimum Gasteiger partial charge on any atom is -0.397 e. The maximum atomic E-state index is 12.9. The van der Waals surface area contributed by atoms with E-state index in [9.17, 15) is 14.0 Å². The van der Waals surface area contributed by atoms with Gasteiger partial charge in [-0.05, 0) is 31.0 Å². The van der Waals surface area contributed by atoms with E-state index in [4.69, 9.17) is 5.73 Å². The summed E-state index contributed by atoms with van der Waals surface area (Å²) < 4.78 is 12.9. The molecule has 1 aliphatic rings. The number of rotatable bonds is 4.